The molecule has 8 nitrogen and oxygen atoms in total. The molecule has 1 aliphatic rings. The van der Waals surface area contributed by atoms with Crippen LogP contribution >= 0.6 is 23.2 Å². The van der Waals surface area contributed by atoms with E-state index in [0.29, 0.717) is 18.2 Å². The minimum atomic E-state index is -5.08. The predicted octanol–water partition coefficient (Wildman–Crippen LogP) is 4.95. The molecule has 0 atom stereocenters. The topological polar surface area (TPSA) is 90.8 Å². The molecular weight excluding hydrogens is 534 g/mol. The number of carboxylic acid groups (broad SMARTS) is 1. The Kier molecular flexibility index (Phi) is 10.2. The number of para-hydroxylation sites is 2. The minimum Gasteiger partial charge on any atom is -0.475 e. The van der Waals surface area contributed by atoms with Gasteiger partial charge < -0.3 is 20.1 Å². The second kappa shape index (κ2) is 13.1. The van der Waals surface area contributed by atoms with Crippen LogP contribution in [0.4, 0.5) is 24.8 Å². The van der Waals surface area contributed by atoms with E-state index in [0.717, 1.165) is 66.0 Å². The highest BCUT2D eigenvalue weighted by atomic mass is 35.5. The molecule has 0 bridgehead atoms. The summed E-state index contributed by atoms with van der Waals surface area (Å²) in [6, 6.07) is 13.6. The molecule has 200 valence electrons. The second-order valence-corrected chi connectivity index (χ2v) is 8.95. The van der Waals surface area contributed by atoms with Crippen LogP contribution in [0.5, 0.6) is 0 Å². The first-order chi connectivity index (χ1) is 17.6. The number of nitrogens with one attached hydrogen (secondary N) is 1. The molecule has 2 heterocycles. The van der Waals surface area contributed by atoms with E-state index in [2.05, 4.69) is 15.1 Å². The third-order valence-corrected chi connectivity index (χ3v) is 6.07. The summed E-state index contributed by atoms with van der Waals surface area (Å²) in [4.78, 5) is 23.3. The summed E-state index contributed by atoms with van der Waals surface area (Å²) in [5.41, 5.74) is 2.85. The van der Waals surface area contributed by atoms with E-state index in [1.54, 1.807) is 7.11 Å². The number of piperazine rings is 1. The van der Waals surface area contributed by atoms with Crippen LogP contribution in [-0.2, 0) is 16.1 Å². The molecule has 13 heteroatoms. The van der Waals surface area contributed by atoms with Crippen molar-refractivity contribution in [2.45, 2.75) is 12.7 Å². The minimum absolute atomic E-state index is 0.613. The van der Waals surface area contributed by atoms with Gasteiger partial charge in [0.05, 0.1) is 17.6 Å². The Hall–Kier alpha value is -2.86. The molecule has 1 fully saturated rings. The maximum Gasteiger partial charge on any atom is 0.490 e. The lowest BCUT2D eigenvalue weighted by molar-refractivity contribution is -0.192. The number of aliphatic carboxylic acids is 1. The molecule has 37 heavy (non-hydrogen) atoms. The van der Waals surface area contributed by atoms with Crippen molar-refractivity contribution < 1.29 is 27.8 Å². The van der Waals surface area contributed by atoms with Gasteiger partial charge in [-0.05, 0) is 35.9 Å². The van der Waals surface area contributed by atoms with Crippen LogP contribution in [-0.4, -0.2) is 78.6 Å². The first-order valence-corrected chi connectivity index (χ1v) is 12.0. The highest BCUT2D eigenvalue weighted by Crippen LogP contribution is 2.27. The van der Waals surface area contributed by atoms with Crippen LogP contribution in [0.3, 0.4) is 0 Å². The van der Waals surface area contributed by atoms with Gasteiger partial charge in [0.15, 0.2) is 11.6 Å². The molecule has 0 aliphatic carbocycles. The summed E-state index contributed by atoms with van der Waals surface area (Å²) < 4.78 is 36.9. The number of rotatable bonds is 7. The molecule has 0 amide bonds. The maximum absolute atomic E-state index is 10.6. The number of fused-ring (bicyclic) bond motifs is 1. The molecule has 0 radical (unpaired) electrons. The first kappa shape index (κ1) is 28.7. The zero-order valence-electron chi connectivity index (χ0n) is 19.9. The van der Waals surface area contributed by atoms with Gasteiger partial charge in [-0.3, -0.25) is 4.90 Å². The standard InChI is InChI=1S/C22H25Cl2N5O.C2HF3O2/c1-30-13-8-25-21-22(27-20-5-3-2-4-19(20)26-21)29-11-9-28(10-12-29)15-16-14-17(23)6-7-18(16)24;3-2(4,5)1(6)7/h2-7,14H,8-13,15H2,1H3,(H,25,26);(H,6,7). The van der Waals surface area contributed by atoms with Crippen LogP contribution in [0.2, 0.25) is 10.0 Å². The number of ether oxygens (including phenoxy) is 1. The number of anilines is 2. The van der Waals surface area contributed by atoms with Gasteiger partial charge in [0.1, 0.15) is 0 Å². The van der Waals surface area contributed by atoms with Crippen LogP contribution in [0, 0.1) is 0 Å². The Bertz CT molecular complexity index is 1210. The number of halogens is 5. The lowest BCUT2D eigenvalue weighted by Crippen LogP contribution is -2.46. The molecule has 1 aromatic heterocycles. The third-order valence-electron chi connectivity index (χ3n) is 5.47. The van der Waals surface area contributed by atoms with E-state index in [4.69, 9.17) is 47.8 Å². The van der Waals surface area contributed by atoms with E-state index in [1.165, 1.54) is 0 Å². The number of benzene rings is 2. The molecule has 3 aromatic rings. The third kappa shape index (κ3) is 8.32. The van der Waals surface area contributed by atoms with Crippen molar-refractivity contribution in [2.75, 3.05) is 56.7 Å². The fourth-order valence-corrected chi connectivity index (χ4v) is 4.00. The van der Waals surface area contributed by atoms with E-state index < -0.39 is 12.1 Å². The number of aromatic nitrogens is 2. The molecule has 2 N–H and O–H groups in total. The van der Waals surface area contributed by atoms with Gasteiger partial charge in [-0.15, -0.1) is 0 Å². The number of hydrogen-bond acceptors (Lipinski definition) is 7. The molecule has 1 saturated heterocycles. The lowest BCUT2D eigenvalue weighted by atomic mass is 10.2. The van der Waals surface area contributed by atoms with Crippen LogP contribution in [0.15, 0.2) is 42.5 Å². The molecule has 1 aliphatic heterocycles. The van der Waals surface area contributed by atoms with Crippen molar-refractivity contribution in [3.8, 4) is 0 Å². The Morgan fingerprint density at radius 3 is 2.30 bits per heavy atom. The molecule has 0 unspecified atom stereocenters. The van der Waals surface area contributed by atoms with Crippen LogP contribution in [0.1, 0.15) is 5.56 Å². The van der Waals surface area contributed by atoms with E-state index in [-0.39, 0.29) is 0 Å². The van der Waals surface area contributed by atoms with Crippen molar-refractivity contribution in [1.29, 1.82) is 0 Å². The maximum atomic E-state index is 10.6. The quantitative estimate of drug-likeness (QED) is 0.393. The Balaban J connectivity index is 0.000000479. The Labute approximate surface area is 222 Å². The molecule has 0 saturated carbocycles. The summed E-state index contributed by atoms with van der Waals surface area (Å²) in [7, 11) is 1.69. The van der Waals surface area contributed by atoms with Gasteiger partial charge in [-0.1, -0.05) is 35.3 Å². The van der Waals surface area contributed by atoms with Crippen LogP contribution in [0.25, 0.3) is 11.0 Å². The van der Waals surface area contributed by atoms with Crippen molar-refractivity contribution in [3.63, 3.8) is 0 Å². The summed E-state index contributed by atoms with van der Waals surface area (Å²) in [6.07, 6.45) is -5.08. The van der Waals surface area contributed by atoms with Crippen molar-refractivity contribution in [2.24, 2.45) is 0 Å². The van der Waals surface area contributed by atoms with E-state index in [9.17, 15) is 13.2 Å². The fourth-order valence-electron chi connectivity index (χ4n) is 3.62. The number of carbonyl (C=O) groups is 1. The molecular formula is C24H26Cl2F3N5O3. The zero-order chi connectivity index (χ0) is 27.0. The van der Waals surface area contributed by atoms with Gasteiger partial charge in [-0.2, -0.15) is 13.2 Å². The van der Waals surface area contributed by atoms with E-state index in [1.807, 2.05) is 42.5 Å². The zero-order valence-corrected chi connectivity index (χ0v) is 21.4. The smallest absolute Gasteiger partial charge is 0.475 e. The average molecular weight is 560 g/mol. The highest BCUT2D eigenvalue weighted by Gasteiger charge is 2.38. The number of hydrogen-bond donors (Lipinski definition) is 2. The fraction of sp³-hybridized carbons (Fsp3) is 0.375. The van der Waals surface area contributed by atoms with Gasteiger partial charge >= 0.3 is 12.1 Å². The Morgan fingerprint density at radius 2 is 1.70 bits per heavy atom. The first-order valence-electron chi connectivity index (χ1n) is 11.3. The van der Waals surface area contributed by atoms with Crippen molar-refractivity contribution in [3.05, 3.63) is 58.1 Å². The van der Waals surface area contributed by atoms with E-state index >= 15 is 0 Å². The number of nitrogens with zero attached hydrogens (tertiary/aromatic N) is 4. The number of alkyl halides is 3. The number of methoxy groups -OCH3 is 1. The van der Waals surface area contributed by atoms with Gasteiger partial charge in [-0.25, -0.2) is 14.8 Å². The molecule has 4 rings (SSSR count). The Morgan fingerprint density at radius 1 is 1.08 bits per heavy atom. The molecule has 0 spiro atoms. The summed E-state index contributed by atoms with van der Waals surface area (Å²) in [5.74, 6) is -1.06. The highest BCUT2D eigenvalue weighted by molar-refractivity contribution is 6.33. The second-order valence-electron chi connectivity index (χ2n) is 8.11. The SMILES string of the molecule is COCCNc1nc2ccccc2nc1N1CCN(Cc2cc(Cl)ccc2Cl)CC1.O=C(O)C(F)(F)F. The van der Waals surface area contributed by atoms with Crippen LogP contribution < -0.4 is 10.2 Å². The summed E-state index contributed by atoms with van der Waals surface area (Å²) in [6.45, 7) is 5.64. The monoisotopic (exact) mass is 559 g/mol. The molecule has 2 aromatic carbocycles. The normalized spacial score (nSPS) is 14.3. The van der Waals surface area contributed by atoms with Gasteiger partial charge in [0.2, 0.25) is 0 Å². The van der Waals surface area contributed by atoms with Crippen molar-refractivity contribution in [1.82, 2.24) is 14.9 Å². The summed E-state index contributed by atoms with van der Waals surface area (Å²) >= 11 is 12.5. The predicted molar refractivity (Wildman–Crippen MR) is 138 cm³/mol. The van der Waals surface area contributed by atoms with Gasteiger partial charge in [0.25, 0.3) is 0 Å². The number of carboxylic acids is 1. The largest absolute Gasteiger partial charge is 0.490 e. The summed E-state index contributed by atoms with van der Waals surface area (Å²) in [5, 5.41) is 12.0. The lowest BCUT2D eigenvalue weighted by Gasteiger charge is -2.36. The van der Waals surface area contributed by atoms with Crippen molar-refractivity contribution >= 4 is 51.8 Å². The average Bonchev–Trinajstić information content (AvgIpc) is 2.86. The van der Waals surface area contributed by atoms with Gasteiger partial charge in [0, 0.05) is 56.4 Å².